The third kappa shape index (κ3) is 2.78. The maximum atomic E-state index is 14.7. The molecule has 0 atom stereocenters. The molecule has 0 aliphatic carbocycles. The second-order valence-electron chi connectivity index (χ2n) is 7.20. The number of fused-ring (bicyclic) bond motifs is 2. The Morgan fingerprint density at radius 2 is 1.78 bits per heavy atom. The number of hydrogen-bond acceptors (Lipinski definition) is 3. The van der Waals surface area contributed by atoms with Gasteiger partial charge < -0.3 is 9.72 Å². The number of halogens is 2. The van der Waals surface area contributed by atoms with Gasteiger partial charge in [-0.3, -0.25) is 4.68 Å². The number of piperidine rings is 1. The van der Waals surface area contributed by atoms with Crippen molar-refractivity contribution in [2.45, 2.75) is 18.8 Å². The summed E-state index contributed by atoms with van der Waals surface area (Å²) in [6.07, 6.45) is 7.47. The van der Waals surface area contributed by atoms with Gasteiger partial charge >= 0.3 is 0 Å². The SMILES string of the molecule is Cn1cc2cc(-c3cc(F)c4nc(C5CCNCC5)cn4c3)cc(F)c2n1. The van der Waals surface area contributed by atoms with Gasteiger partial charge in [-0.15, -0.1) is 0 Å². The molecule has 7 heteroatoms. The van der Waals surface area contributed by atoms with Crippen molar-refractivity contribution in [2.75, 3.05) is 13.1 Å². The van der Waals surface area contributed by atoms with E-state index in [1.807, 2.05) is 18.5 Å². The van der Waals surface area contributed by atoms with Gasteiger partial charge in [0.2, 0.25) is 0 Å². The zero-order chi connectivity index (χ0) is 18.5. The Balaban J connectivity index is 1.61. The van der Waals surface area contributed by atoms with Gasteiger partial charge in [0, 0.05) is 42.5 Å². The topological polar surface area (TPSA) is 47.2 Å². The number of aromatic nitrogens is 4. The predicted molar refractivity (Wildman–Crippen MR) is 99.7 cm³/mol. The lowest BCUT2D eigenvalue weighted by Gasteiger charge is -2.20. The molecule has 27 heavy (non-hydrogen) atoms. The third-order valence-electron chi connectivity index (χ3n) is 5.29. The van der Waals surface area contributed by atoms with Crippen molar-refractivity contribution in [3.8, 4) is 11.1 Å². The van der Waals surface area contributed by atoms with Gasteiger partial charge in [0.15, 0.2) is 17.3 Å². The second-order valence-corrected chi connectivity index (χ2v) is 7.20. The molecule has 0 radical (unpaired) electrons. The van der Waals surface area contributed by atoms with E-state index >= 15 is 0 Å². The lowest BCUT2D eigenvalue weighted by molar-refractivity contribution is 0.454. The Morgan fingerprint density at radius 3 is 2.59 bits per heavy atom. The summed E-state index contributed by atoms with van der Waals surface area (Å²) in [7, 11) is 1.75. The monoisotopic (exact) mass is 367 g/mol. The lowest BCUT2D eigenvalue weighted by Crippen LogP contribution is -2.26. The zero-order valence-corrected chi connectivity index (χ0v) is 14.9. The summed E-state index contributed by atoms with van der Waals surface area (Å²) in [4.78, 5) is 4.51. The number of aryl methyl sites for hydroxylation is 1. The van der Waals surface area contributed by atoms with Crippen LogP contribution in [-0.2, 0) is 7.05 Å². The lowest BCUT2D eigenvalue weighted by atomic mass is 9.95. The Labute approximate surface area is 154 Å². The van der Waals surface area contributed by atoms with Crippen molar-refractivity contribution in [3.05, 3.63) is 54.1 Å². The highest BCUT2D eigenvalue weighted by molar-refractivity contribution is 5.84. The normalized spacial score (nSPS) is 15.8. The van der Waals surface area contributed by atoms with Crippen LogP contribution < -0.4 is 5.32 Å². The highest BCUT2D eigenvalue weighted by Crippen LogP contribution is 2.30. The standard InChI is InChI=1S/C20H19F2N5/c1-26-9-15-6-13(7-16(21)19(15)25-26)14-8-17(22)20-24-18(11-27(20)10-14)12-2-4-23-5-3-12/h6-12,23H,2-5H2,1H3. The number of benzene rings is 1. The summed E-state index contributed by atoms with van der Waals surface area (Å²) < 4.78 is 32.4. The number of nitrogens with one attached hydrogen (secondary N) is 1. The first-order valence-electron chi connectivity index (χ1n) is 9.10. The molecule has 0 spiro atoms. The van der Waals surface area contributed by atoms with Crippen LogP contribution in [0.2, 0.25) is 0 Å². The maximum absolute atomic E-state index is 14.7. The van der Waals surface area contributed by atoms with E-state index in [1.54, 1.807) is 22.3 Å². The van der Waals surface area contributed by atoms with Crippen molar-refractivity contribution < 1.29 is 8.78 Å². The smallest absolute Gasteiger partial charge is 0.173 e. The summed E-state index contributed by atoms with van der Waals surface area (Å²) in [6.45, 7) is 1.91. The van der Waals surface area contributed by atoms with Crippen molar-refractivity contribution in [2.24, 2.45) is 7.05 Å². The van der Waals surface area contributed by atoms with E-state index in [0.717, 1.165) is 31.6 Å². The van der Waals surface area contributed by atoms with Crippen molar-refractivity contribution >= 4 is 16.6 Å². The van der Waals surface area contributed by atoms with Crippen LogP contribution in [0.1, 0.15) is 24.5 Å². The van der Waals surface area contributed by atoms with E-state index in [-0.39, 0.29) is 0 Å². The van der Waals surface area contributed by atoms with Crippen LogP contribution in [-0.4, -0.2) is 32.3 Å². The first-order chi connectivity index (χ1) is 13.1. The van der Waals surface area contributed by atoms with Crippen LogP contribution in [0.4, 0.5) is 8.78 Å². The summed E-state index contributed by atoms with van der Waals surface area (Å²) in [5, 5.41) is 8.14. The van der Waals surface area contributed by atoms with Gasteiger partial charge in [0.25, 0.3) is 0 Å². The molecule has 5 rings (SSSR count). The molecular formula is C20H19F2N5. The quantitative estimate of drug-likeness (QED) is 0.589. The van der Waals surface area contributed by atoms with E-state index in [1.165, 1.54) is 12.1 Å². The van der Waals surface area contributed by atoms with Gasteiger partial charge in [-0.2, -0.15) is 5.10 Å². The molecule has 4 aromatic rings. The summed E-state index contributed by atoms with van der Waals surface area (Å²) >= 11 is 0. The zero-order valence-electron chi connectivity index (χ0n) is 14.9. The Kier molecular flexibility index (Phi) is 3.72. The fourth-order valence-electron chi connectivity index (χ4n) is 3.93. The molecule has 1 aliphatic heterocycles. The largest absolute Gasteiger partial charge is 0.317 e. The molecule has 1 aliphatic rings. The van der Waals surface area contributed by atoms with Gasteiger partial charge in [-0.1, -0.05) is 0 Å². The summed E-state index contributed by atoms with van der Waals surface area (Å²) in [5.74, 6) is -0.470. The van der Waals surface area contributed by atoms with Crippen LogP contribution in [0.3, 0.4) is 0 Å². The van der Waals surface area contributed by atoms with Crippen LogP contribution in [0.15, 0.2) is 36.8 Å². The molecule has 0 bridgehead atoms. The number of nitrogens with zero attached hydrogens (tertiary/aromatic N) is 4. The van der Waals surface area contributed by atoms with E-state index in [2.05, 4.69) is 15.4 Å². The molecule has 1 aromatic carbocycles. The number of rotatable bonds is 2. The maximum Gasteiger partial charge on any atom is 0.173 e. The average Bonchev–Trinajstić information content (AvgIpc) is 3.26. The Morgan fingerprint density at radius 1 is 1.00 bits per heavy atom. The van der Waals surface area contributed by atoms with E-state index in [9.17, 15) is 8.78 Å². The molecule has 0 saturated carbocycles. The first-order valence-corrected chi connectivity index (χ1v) is 9.10. The minimum atomic E-state index is -0.412. The minimum Gasteiger partial charge on any atom is -0.317 e. The first kappa shape index (κ1) is 16.4. The van der Waals surface area contributed by atoms with Gasteiger partial charge in [0.1, 0.15) is 5.52 Å². The number of hydrogen-bond donors (Lipinski definition) is 1. The van der Waals surface area contributed by atoms with Gasteiger partial charge in [-0.25, -0.2) is 13.8 Å². The minimum absolute atomic E-state index is 0.315. The van der Waals surface area contributed by atoms with Crippen LogP contribution >= 0.6 is 0 Å². The molecule has 3 aromatic heterocycles. The average molecular weight is 367 g/mol. The number of imidazole rings is 1. The summed E-state index contributed by atoms with van der Waals surface area (Å²) in [6, 6.07) is 4.66. The molecule has 138 valence electrons. The molecule has 1 saturated heterocycles. The summed E-state index contributed by atoms with van der Waals surface area (Å²) in [5.41, 5.74) is 2.78. The molecule has 1 fully saturated rings. The van der Waals surface area contributed by atoms with Crippen molar-refractivity contribution in [3.63, 3.8) is 0 Å². The third-order valence-corrected chi connectivity index (χ3v) is 5.29. The second kappa shape index (κ2) is 6.13. The fourth-order valence-corrected chi connectivity index (χ4v) is 3.93. The van der Waals surface area contributed by atoms with Gasteiger partial charge in [-0.05, 0) is 49.7 Å². The number of pyridine rings is 1. The Hall–Kier alpha value is -2.80. The van der Waals surface area contributed by atoms with Crippen LogP contribution in [0.25, 0.3) is 27.7 Å². The molecule has 0 unspecified atom stereocenters. The van der Waals surface area contributed by atoms with Crippen LogP contribution in [0.5, 0.6) is 0 Å². The highest BCUT2D eigenvalue weighted by Gasteiger charge is 2.20. The molecular weight excluding hydrogens is 348 g/mol. The van der Waals surface area contributed by atoms with Gasteiger partial charge in [0.05, 0.1) is 5.69 Å². The van der Waals surface area contributed by atoms with E-state index in [4.69, 9.17) is 0 Å². The van der Waals surface area contributed by atoms with E-state index < -0.39 is 11.6 Å². The molecule has 0 amide bonds. The van der Waals surface area contributed by atoms with Crippen molar-refractivity contribution in [1.82, 2.24) is 24.5 Å². The van der Waals surface area contributed by atoms with E-state index in [0.29, 0.717) is 33.6 Å². The Bertz CT molecular complexity index is 1150. The molecule has 5 nitrogen and oxygen atoms in total. The molecule has 4 heterocycles. The highest BCUT2D eigenvalue weighted by atomic mass is 19.1. The fraction of sp³-hybridized carbons (Fsp3) is 0.300. The van der Waals surface area contributed by atoms with Crippen molar-refractivity contribution in [1.29, 1.82) is 0 Å². The predicted octanol–water partition coefficient (Wildman–Crippen LogP) is 3.63. The molecule has 1 N–H and O–H groups in total. The van der Waals surface area contributed by atoms with Crippen LogP contribution in [0, 0.1) is 11.6 Å².